The van der Waals surface area contributed by atoms with Crippen molar-refractivity contribution in [2.45, 2.75) is 19.9 Å². The van der Waals surface area contributed by atoms with Gasteiger partial charge in [-0.05, 0) is 6.42 Å². The number of hydrogen-bond donors (Lipinski definition) is 1. The van der Waals surface area contributed by atoms with Crippen molar-refractivity contribution in [3.63, 3.8) is 0 Å². The van der Waals surface area contributed by atoms with Crippen LogP contribution < -0.4 is 5.73 Å². The van der Waals surface area contributed by atoms with Gasteiger partial charge in [-0.25, -0.2) is 4.98 Å². The van der Waals surface area contributed by atoms with E-state index in [2.05, 4.69) is 27.9 Å². The van der Waals surface area contributed by atoms with Gasteiger partial charge >= 0.3 is 0 Å². The summed E-state index contributed by atoms with van der Waals surface area (Å²) in [7, 11) is 0. The third kappa shape index (κ3) is 1.04. The fraction of sp³-hybridized carbons (Fsp3) is 0.375. The first-order chi connectivity index (χ1) is 5.85. The monoisotopic (exact) mass is 181 g/mol. The van der Waals surface area contributed by atoms with E-state index >= 15 is 0 Å². The van der Waals surface area contributed by atoms with E-state index in [1.54, 1.807) is 11.3 Å². The lowest BCUT2D eigenvalue weighted by Crippen LogP contribution is -1.98. The number of aromatic nitrogens is 2. The molecule has 2 N–H and O–H groups in total. The molecule has 2 heterocycles. The van der Waals surface area contributed by atoms with Crippen LogP contribution in [-0.2, 0) is 13.0 Å². The van der Waals surface area contributed by atoms with Gasteiger partial charge < -0.3 is 5.73 Å². The van der Waals surface area contributed by atoms with E-state index in [1.165, 1.54) is 0 Å². The summed E-state index contributed by atoms with van der Waals surface area (Å²) in [4.78, 5) is 5.47. The number of hydrogen-bond acceptors (Lipinski definition) is 3. The number of nitrogens with two attached hydrogens (primary N) is 1. The van der Waals surface area contributed by atoms with Crippen LogP contribution in [0.4, 0.5) is 0 Å². The van der Waals surface area contributed by atoms with Crippen molar-refractivity contribution in [2.75, 3.05) is 0 Å². The Balaban J connectivity index is 2.60. The number of imidazole rings is 1. The van der Waals surface area contributed by atoms with Crippen molar-refractivity contribution in [2.24, 2.45) is 5.73 Å². The van der Waals surface area contributed by atoms with Gasteiger partial charge in [0.05, 0.1) is 5.69 Å². The minimum absolute atomic E-state index is 0.583. The van der Waals surface area contributed by atoms with E-state index in [9.17, 15) is 0 Å². The molecule has 0 atom stereocenters. The van der Waals surface area contributed by atoms with Gasteiger partial charge in [-0.15, -0.1) is 11.3 Å². The van der Waals surface area contributed by atoms with E-state index in [0.29, 0.717) is 6.54 Å². The molecule has 0 aliphatic carbocycles. The number of rotatable bonds is 2. The molecule has 0 spiro atoms. The molecule has 0 saturated carbocycles. The van der Waals surface area contributed by atoms with Crippen molar-refractivity contribution in [3.8, 4) is 0 Å². The molecule has 0 fully saturated rings. The molecule has 0 bridgehead atoms. The minimum Gasteiger partial charge on any atom is -0.325 e. The quantitative estimate of drug-likeness (QED) is 0.761. The molecule has 2 aromatic heterocycles. The third-order valence-electron chi connectivity index (χ3n) is 1.90. The molecule has 0 unspecified atom stereocenters. The van der Waals surface area contributed by atoms with Crippen LogP contribution in [0.5, 0.6) is 0 Å². The molecule has 64 valence electrons. The minimum atomic E-state index is 0.583. The lowest BCUT2D eigenvalue weighted by molar-refractivity contribution is 0.960. The summed E-state index contributed by atoms with van der Waals surface area (Å²) in [6.07, 6.45) is 3.05. The standard InChI is InChI=1S/C8H11N3S/c1-2-6-4-11-7(3-9)5-12-8(11)10-6/h4-5H,2-3,9H2,1H3. The zero-order chi connectivity index (χ0) is 8.55. The van der Waals surface area contributed by atoms with Crippen LogP contribution in [-0.4, -0.2) is 9.38 Å². The molecule has 0 saturated heterocycles. The van der Waals surface area contributed by atoms with Crippen LogP contribution in [0.2, 0.25) is 0 Å². The van der Waals surface area contributed by atoms with E-state index in [0.717, 1.165) is 22.8 Å². The number of aryl methyl sites for hydroxylation is 1. The maximum atomic E-state index is 5.57. The van der Waals surface area contributed by atoms with Gasteiger partial charge in [-0.2, -0.15) is 0 Å². The number of thiazole rings is 1. The highest BCUT2D eigenvalue weighted by atomic mass is 32.1. The Morgan fingerprint density at radius 3 is 3.17 bits per heavy atom. The van der Waals surface area contributed by atoms with Gasteiger partial charge in [0, 0.05) is 23.8 Å². The SMILES string of the molecule is CCc1cn2c(CN)csc2n1. The first kappa shape index (κ1) is 7.76. The predicted molar refractivity (Wildman–Crippen MR) is 50.3 cm³/mol. The molecule has 0 radical (unpaired) electrons. The number of nitrogens with zero attached hydrogens (tertiary/aromatic N) is 2. The second kappa shape index (κ2) is 2.88. The van der Waals surface area contributed by atoms with Crippen LogP contribution in [0.25, 0.3) is 4.96 Å². The Bertz CT molecular complexity index is 388. The highest BCUT2D eigenvalue weighted by molar-refractivity contribution is 7.15. The molecule has 0 aliphatic rings. The summed E-state index contributed by atoms with van der Waals surface area (Å²) in [6.45, 7) is 2.69. The van der Waals surface area contributed by atoms with E-state index in [4.69, 9.17) is 5.73 Å². The molecule has 2 aromatic rings. The molecule has 0 aliphatic heterocycles. The lowest BCUT2D eigenvalue weighted by atomic mass is 10.4. The maximum absolute atomic E-state index is 5.57. The summed E-state index contributed by atoms with van der Waals surface area (Å²) < 4.78 is 2.07. The summed E-state index contributed by atoms with van der Waals surface area (Å²) >= 11 is 1.65. The zero-order valence-electron chi connectivity index (χ0n) is 6.95. The average molecular weight is 181 g/mol. The molecule has 0 amide bonds. The van der Waals surface area contributed by atoms with Gasteiger partial charge in [-0.3, -0.25) is 4.40 Å². The van der Waals surface area contributed by atoms with E-state index in [1.807, 2.05) is 0 Å². The van der Waals surface area contributed by atoms with Gasteiger partial charge in [0.25, 0.3) is 0 Å². The average Bonchev–Trinajstić information content (AvgIpc) is 2.61. The Morgan fingerprint density at radius 1 is 1.67 bits per heavy atom. The second-order valence-electron chi connectivity index (χ2n) is 2.67. The Labute approximate surface area is 74.8 Å². The Hall–Kier alpha value is -0.870. The van der Waals surface area contributed by atoms with Crippen molar-refractivity contribution in [1.82, 2.24) is 9.38 Å². The van der Waals surface area contributed by atoms with Crippen molar-refractivity contribution >= 4 is 16.3 Å². The summed E-state index contributed by atoms with van der Waals surface area (Å²) in [6, 6.07) is 0. The van der Waals surface area contributed by atoms with Crippen LogP contribution in [0, 0.1) is 0 Å². The molecule has 2 rings (SSSR count). The highest BCUT2D eigenvalue weighted by Gasteiger charge is 2.04. The molecular formula is C8H11N3S. The molecule has 12 heavy (non-hydrogen) atoms. The maximum Gasteiger partial charge on any atom is 0.194 e. The fourth-order valence-corrected chi connectivity index (χ4v) is 2.10. The smallest absolute Gasteiger partial charge is 0.194 e. The van der Waals surface area contributed by atoms with Crippen LogP contribution >= 0.6 is 11.3 Å². The second-order valence-corrected chi connectivity index (χ2v) is 3.51. The van der Waals surface area contributed by atoms with Crippen LogP contribution in [0.3, 0.4) is 0 Å². The molecule has 4 heteroatoms. The number of fused-ring (bicyclic) bond motifs is 1. The van der Waals surface area contributed by atoms with E-state index in [-0.39, 0.29) is 0 Å². The van der Waals surface area contributed by atoms with Crippen molar-refractivity contribution < 1.29 is 0 Å². The highest BCUT2D eigenvalue weighted by Crippen LogP contribution is 2.16. The normalized spacial score (nSPS) is 11.2. The topological polar surface area (TPSA) is 43.3 Å². The van der Waals surface area contributed by atoms with Gasteiger partial charge in [0.15, 0.2) is 4.96 Å². The Kier molecular flexibility index (Phi) is 1.86. The Morgan fingerprint density at radius 2 is 2.50 bits per heavy atom. The first-order valence-electron chi connectivity index (χ1n) is 3.99. The van der Waals surface area contributed by atoms with Crippen LogP contribution in [0.1, 0.15) is 18.3 Å². The first-order valence-corrected chi connectivity index (χ1v) is 4.87. The molecule has 3 nitrogen and oxygen atoms in total. The lowest BCUT2D eigenvalue weighted by Gasteiger charge is -1.90. The third-order valence-corrected chi connectivity index (χ3v) is 2.79. The zero-order valence-corrected chi connectivity index (χ0v) is 7.77. The van der Waals surface area contributed by atoms with Gasteiger partial charge in [0.1, 0.15) is 0 Å². The summed E-state index contributed by atoms with van der Waals surface area (Å²) in [5.74, 6) is 0. The van der Waals surface area contributed by atoms with Gasteiger partial charge in [-0.1, -0.05) is 6.92 Å². The molecule has 0 aromatic carbocycles. The molecular weight excluding hydrogens is 170 g/mol. The largest absolute Gasteiger partial charge is 0.325 e. The van der Waals surface area contributed by atoms with Crippen molar-refractivity contribution in [1.29, 1.82) is 0 Å². The van der Waals surface area contributed by atoms with E-state index < -0.39 is 0 Å². The van der Waals surface area contributed by atoms with Gasteiger partial charge in [0.2, 0.25) is 0 Å². The van der Waals surface area contributed by atoms with Crippen molar-refractivity contribution in [3.05, 3.63) is 23.0 Å². The predicted octanol–water partition coefficient (Wildman–Crippen LogP) is 1.42. The van der Waals surface area contributed by atoms with Crippen LogP contribution in [0.15, 0.2) is 11.6 Å². The summed E-state index contributed by atoms with van der Waals surface area (Å²) in [5, 5.41) is 2.06. The summed E-state index contributed by atoms with van der Waals surface area (Å²) in [5.41, 5.74) is 7.85. The fourth-order valence-electron chi connectivity index (χ4n) is 1.19.